The van der Waals surface area contributed by atoms with E-state index in [9.17, 15) is 19.7 Å². The Morgan fingerprint density at radius 2 is 1.46 bits per heavy atom. The summed E-state index contributed by atoms with van der Waals surface area (Å²) in [5.74, 6) is 1.05. The lowest BCUT2D eigenvalue weighted by Gasteiger charge is -2.22. The van der Waals surface area contributed by atoms with Crippen LogP contribution in [-0.2, 0) is 26.1 Å². The average Bonchev–Trinajstić information content (AvgIpc) is 3.67. The molecule has 5 aromatic carbocycles. The number of carbonyl (C=O) groups is 2. The van der Waals surface area contributed by atoms with Gasteiger partial charge in [-0.15, -0.1) is 0 Å². The Kier molecular flexibility index (Phi) is 8.02. The zero-order chi connectivity index (χ0) is 37.1. The summed E-state index contributed by atoms with van der Waals surface area (Å²) < 4.78 is 18.1. The van der Waals surface area contributed by atoms with Crippen LogP contribution in [0.2, 0.25) is 0 Å². The highest BCUT2D eigenvalue weighted by atomic mass is 16.6. The van der Waals surface area contributed by atoms with E-state index in [-0.39, 0.29) is 42.8 Å². The van der Waals surface area contributed by atoms with Crippen LogP contribution in [0.25, 0.3) is 0 Å². The summed E-state index contributed by atoms with van der Waals surface area (Å²) in [5, 5.41) is 15.4. The summed E-state index contributed by atoms with van der Waals surface area (Å²) in [5.41, 5.74) is 7.92. The Morgan fingerprint density at radius 1 is 0.796 bits per heavy atom. The lowest BCUT2D eigenvalue weighted by Crippen LogP contribution is -2.39. The minimum atomic E-state index is -0.450. The highest BCUT2D eigenvalue weighted by molar-refractivity contribution is 6.15. The van der Waals surface area contributed by atoms with Gasteiger partial charge in [-0.2, -0.15) is 0 Å². The predicted octanol–water partition coefficient (Wildman–Crippen LogP) is 7.35. The van der Waals surface area contributed by atoms with Crippen LogP contribution in [-0.4, -0.2) is 48.7 Å². The number of carbonyl (C=O) groups excluding carboxylic acids is 2. The minimum Gasteiger partial charge on any atom is -0.493 e. The molecule has 4 heterocycles. The molecule has 0 radical (unpaired) electrons. The number of aliphatic imine (C=N–C) groups is 1. The molecule has 5 aromatic rings. The molecule has 2 atom stereocenters. The molecule has 270 valence electrons. The van der Waals surface area contributed by atoms with E-state index < -0.39 is 4.92 Å². The number of nitrogens with one attached hydrogen (secondary N) is 1. The molecule has 12 heteroatoms. The van der Waals surface area contributed by atoms with Gasteiger partial charge in [0.15, 0.2) is 11.5 Å². The fraction of sp³-hybridized carbons (Fsp3) is 0.214. The van der Waals surface area contributed by atoms with Gasteiger partial charge < -0.3 is 24.4 Å². The third-order valence-electron chi connectivity index (χ3n) is 10.5. The number of nitro benzene ring substituents is 1. The van der Waals surface area contributed by atoms with Crippen molar-refractivity contribution in [1.29, 1.82) is 0 Å². The van der Waals surface area contributed by atoms with Gasteiger partial charge in [0.1, 0.15) is 19.0 Å². The van der Waals surface area contributed by atoms with Crippen molar-refractivity contribution >= 4 is 46.5 Å². The van der Waals surface area contributed by atoms with Gasteiger partial charge in [0.2, 0.25) is 0 Å². The van der Waals surface area contributed by atoms with Gasteiger partial charge in [-0.25, -0.2) is 0 Å². The SMILES string of the molecule is COc1cc2c(cc1OCc1cc(COc3cc4c(cc3C)C(=O)N3c5ccccc5C[C@H]3C=N4)cc([N+](=O)[O-])c1)NC[C@@H]1Cc3ccccc3N1C2=O. The summed E-state index contributed by atoms with van der Waals surface area (Å²) >= 11 is 0. The molecule has 0 bridgehead atoms. The Hall–Kier alpha value is -6.69. The maximum Gasteiger partial charge on any atom is 0.270 e. The number of hydrogen-bond donors (Lipinski definition) is 1. The molecule has 0 aromatic heterocycles. The molecule has 0 aliphatic carbocycles. The molecule has 0 unspecified atom stereocenters. The molecule has 0 spiro atoms. The molecule has 54 heavy (non-hydrogen) atoms. The molecule has 1 N–H and O–H groups in total. The zero-order valence-electron chi connectivity index (χ0n) is 29.6. The van der Waals surface area contributed by atoms with Gasteiger partial charge in [-0.3, -0.25) is 29.6 Å². The number of nitrogens with zero attached hydrogens (tertiary/aromatic N) is 4. The maximum absolute atomic E-state index is 13.8. The van der Waals surface area contributed by atoms with Crippen LogP contribution in [0, 0.1) is 17.0 Å². The molecule has 2 amide bonds. The molecule has 12 nitrogen and oxygen atoms in total. The first-order valence-corrected chi connectivity index (χ1v) is 17.8. The van der Waals surface area contributed by atoms with E-state index in [0.717, 1.165) is 34.5 Å². The minimum absolute atomic E-state index is 0.00457. The zero-order valence-corrected chi connectivity index (χ0v) is 29.6. The smallest absolute Gasteiger partial charge is 0.270 e. The van der Waals surface area contributed by atoms with E-state index in [2.05, 4.69) is 16.4 Å². The Bertz CT molecular complexity index is 2430. The van der Waals surface area contributed by atoms with E-state index in [4.69, 9.17) is 14.2 Å². The standard InChI is InChI=1S/C42H35N5O7/c1-24-11-32-34(43-20-30-15-27-7-3-5-9-36(27)45(30)41(32)48)18-38(24)53-22-25-12-26(14-29(13-25)47(50)51)23-54-40-19-35-33(17-39(40)52-2)42(49)46-31(21-44-35)16-28-8-4-6-10-37(28)46/h3-14,17-20,30-31,44H,15-16,21-23H2,1-2H3/t30-,31-/m0/s1. The van der Waals surface area contributed by atoms with Gasteiger partial charge in [0.05, 0.1) is 46.6 Å². The number of nitro groups is 1. The molecule has 4 aliphatic heterocycles. The van der Waals surface area contributed by atoms with Crippen molar-refractivity contribution in [3.63, 3.8) is 0 Å². The summed E-state index contributed by atoms with van der Waals surface area (Å²) in [7, 11) is 1.51. The van der Waals surface area contributed by atoms with E-state index in [0.29, 0.717) is 63.8 Å². The number of non-ortho nitro benzene ring substituents is 1. The number of fused-ring (bicyclic) bond motifs is 8. The number of rotatable bonds is 8. The van der Waals surface area contributed by atoms with Crippen LogP contribution >= 0.6 is 0 Å². The number of amides is 2. The van der Waals surface area contributed by atoms with Gasteiger partial charge in [-0.05, 0) is 71.5 Å². The number of anilines is 3. The normalized spacial score (nSPS) is 17.6. The van der Waals surface area contributed by atoms with E-state index in [1.165, 1.54) is 19.2 Å². The second-order valence-corrected chi connectivity index (χ2v) is 13.9. The van der Waals surface area contributed by atoms with Crippen molar-refractivity contribution in [3.05, 3.63) is 140 Å². The maximum atomic E-state index is 13.8. The fourth-order valence-electron chi connectivity index (χ4n) is 7.95. The van der Waals surface area contributed by atoms with E-state index in [1.807, 2.05) is 60.5 Å². The number of benzene rings is 5. The number of methoxy groups -OCH3 is 1. The number of ether oxygens (including phenoxy) is 3. The third kappa shape index (κ3) is 5.67. The van der Waals surface area contributed by atoms with E-state index in [1.54, 1.807) is 35.2 Å². The summed E-state index contributed by atoms with van der Waals surface area (Å²) in [6.07, 6.45) is 3.27. The first-order chi connectivity index (χ1) is 26.2. The summed E-state index contributed by atoms with van der Waals surface area (Å²) in [6.45, 7) is 2.45. The highest BCUT2D eigenvalue weighted by Crippen LogP contribution is 2.42. The van der Waals surface area contributed by atoms with Crippen molar-refractivity contribution in [3.8, 4) is 17.2 Å². The molecule has 9 rings (SSSR count). The highest BCUT2D eigenvalue weighted by Gasteiger charge is 2.38. The lowest BCUT2D eigenvalue weighted by atomic mass is 10.1. The van der Waals surface area contributed by atoms with Crippen molar-refractivity contribution in [2.45, 2.75) is 45.1 Å². The summed E-state index contributed by atoms with van der Waals surface area (Å²) in [6, 6.07) is 27.4. The number of para-hydroxylation sites is 2. The van der Waals surface area contributed by atoms with Crippen LogP contribution in [0.5, 0.6) is 17.2 Å². The Labute approximate surface area is 310 Å². The Balaban J connectivity index is 0.936. The van der Waals surface area contributed by atoms with Crippen LogP contribution in [0.4, 0.5) is 28.4 Å². The predicted molar refractivity (Wildman–Crippen MR) is 204 cm³/mol. The molecule has 0 saturated carbocycles. The summed E-state index contributed by atoms with van der Waals surface area (Å²) in [4.78, 5) is 47.5. The molecular formula is C42H35N5O7. The topological polar surface area (TPSA) is 136 Å². The first kappa shape index (κ1) is 33.2. The van der Waals surface area contributed by atoms with Crippen molar-refractivity contribution in [1.82, 2.24) is 0 Å². The molecule has 4 aliphatic rings. The molecular weight excluding hydrogens is 686 g/mol. The van der Waals surface area contributed by atoms with Crippen LogP contribution in [0.1, 0.15) is 48.5 Å². The lowest BCUT2D eigenvalue weighted by molar-refractivity contribution is -0.385. The second kappa shape index (κ2) is 13.1. The van der Waals surface area contributed by atoms with Crippen LogP contribution in [0.15, 0.2) is 96.0 Å². The third-order valence-corrected chi connectivity index (χ3v) is 10.5. The number of aryl methyl sites for hydroxylation is 1. The van der Waals surface area contributed by atoms with Gasteiger partial charge in [-0.1, -0.05) is 36.4 Å². The van der Waals surface area contributed by atoms with Gasteiger partial charge in [0, 0.05) is 54.8 Å². The van der Waals surface area contributed by atoms with Crippen molar-refractivity contribution in [2.24, 2.45) is 4.99 Å². The average molecular weight is 722 g/mol. The van der Waals surface area contributed by atoms with Crippen LogP contribution < -0.4 is 29.3 Å². The number of hydrogen-bond acceptors (Lipinski definition) is 9. The second-order valence-electron chi connectivity index (χ2n) is 13.9. The largest absolute Gasteiger partial charge is 0.493 e. The fourth-order valence-corrected chi connectivity index (χ4v) is 7.95. The van der Waals surface area contributed by atoms with E-state index >= 15 is 0 Å². The molecule has 0 fully saturated rings. The van der Waals surface area contributed by atoms with Crippen molar-refractivity contribution < 1.29 is 28.7 Å². The van der Waals surface area contributed by atoms with Gasteiger partial charge in [0.25, 0.3) is 17.5 Å². The van der Waals surface area contributed by atoms with Crippen molar-refractivity contribution in [2.75, 3.05) is 28.8 Å². The molecule has 0 saturated heterocycles. The first-order valence-electron chi connectivity index (χ1n) is 17.8. The quantitative estimate of drug-likeness (QED) is 0.130. The van der Waals surface area contributed by atoms with Crippen LogP contribution in [0.3, 0.4) is 0 Å². The Morgan fingerprint density at radius 3 is 2.19 bits per heavy atom. The van der Waals surface area contributed by atoms with Gasteiger partial charge >= 0.3 is 0 Å². The monoisotopic (exact) mass is 721 g/mol.